The zero-order valence-electron chi connectivity index (χ0n) is 11.5. The zero-order chi connectivity index (χ0) is 11.7. The van der Waals surface area contributed by atoms with Crippen molar-refractivity contribution in [1.29, 1.82) is 0 Å². The minimum Gasteiger partial charge on any atom is -0.316 e. The molecule has 2 fully saturated rings. The van der Waals surface area contributed by atoms with Crippen LogP contribution < -0.4 is 5.32 Å². The summed E-state index contributed by atoms with van der Waals surface area (Å²) in [6.45, 7) is 13.0. The van der Waals surface area contributed by atoms with Gasteiger partial charge in [-0.25, -0.2) is 0 Å². The Balaban J connectivity index is 0.000000442. The van der Waals surface area contributed by atoms with E-state index in [2.05, 4.69) is 12.2 Å². The fourth-order valence-corrected chi connectivity index (χ4v) is 2.88. The van der Waals surface area contributed by atoms with E-state index in [0.29, 0.717) is 0 Å². The van der Waals surface area contributed by atoms with Gasteiger partial charge in [-0.05, 0) is 37.3 Å². The monoisotopic (exact) mass is 213 g/mol. The highest BCUT2D eigenvalue weighted by molar-refractivity contribution is 4.84. The van der Waals surface area contributed by atoms with Gasteiger partial charge in [-0.2, -0.15) is 0 Å². The first-order chi connectivity index (χ1) is 7.38. The highest BCUT2D eigenvalue weighted by Gasteiger charge is 2.31. The second-order valence-electron chi connectivity index (χ2n) is 4.32. The topological polar surface area (TPSA) is 12.0 Å². The van der Waals surface area contributed by atoms with Crippen LogP contribution in [0, 0.1) is 17.8 Å². The van der Waals surface area contributed by atoms with Crippen LogP contribution >= 0.6 is 0 Å². The SMILES string of the molecule is CC.CC.CC1CCCC2CCNCC12. The molecule has 1 saturated heterocycles. The summed E-state index contributed by atoms with van der Waals surface area (Å²) >= 11 is 0. The first-order valence-electron chi connectivity index (χ1n) is 7.08. The minimum atomic E-state index is 0.988. The Labute approximate surface area is 97.0 Å². The maximum Gasteiger partial charge on any atom is -0.00153 e. The third-order valence-electron chi connectivity index (χ3n) is 3.64. The summed E-state index contributed by atoms with van der Waals surface area (Å²) in [4.78, 5) is 0. The number of fused-ring (bicyclic) bond motifs is 1. The molecule has 0 amide bonds. The summed E-state index contributed by atoms with van der Waals surface area (Å²) in [6.07, 6.45) is 5.91. The van der Waals surface area contributed by atoms with Crippen LogP contribution in [0.5, 0.6) is 0 Å². The van der Waals surface area contributed by atoms with Gasteiger partial charge < -0.3 is 5.32 Å². The average molecular weight is 213 g/mol. The van der Waals surface area contributed by atoms with Gasteiger partial charge in [0.25, 0.3) is 0 Å². The van der Waals surface area contributed by atoms with E-state index in [1.165, 1.54) is 38.8 Å². The highest BCUT2D eigenvalue weighted by atomic mass is 14.9. The second-order valence-corrected chi connectivity index (χ2v) is 4.32. The molecule has 15 heavy (non-hydrogen) atoms. The van der Waals surface area contributed by atoms with Crippen molar-refractivity contribution in [2.24, 2.45) is 17.8 Å². The molecule has 0 bridgehead atoms. The van der Waals surface area contributed by atoms with Crippen LogP contribution in [0.25, 0.3) is 0 Å². The quantitative estimate of drug-likeness (QED) is 0.639. The number of nitrogens with one attached hydrogen (secondary N) is 1. The van der Waals surface area contributed by atoms with Crippen molar-refractivity contribution in [3.63, 3.8) is 0 Å². The van der Waals surface area contributed by atoms with Crippen molar-refractivity contribution in [2.45, 2.75) is 60.3 Å². The Morgan fingerprint density at radius 2 is 1.60 bits per heavy atom. The van der Waals surface area contributed by atoms with E-state index in [-0.39, 0.29) is 0 Å². The first kappa shape index (κ1) is 15.0. The number of rotatable bonds is 0. The molecule has 1 heterocycles. The molecule has 1 saturated carbocycles. The molecule has 3 unspecified atom stereocenters. The molecule has 92 valence electrons. The van der Waals surface area contributed by atoms with E-state index in [1.807, 2.05) is 27.7 Å². The van der Waals surface area contributed by atoms with Gasteiger partial charge in [0, 0.05) is 0 Å². The fraction of sp³-hybridized carbons (Fsp3) is 1.00. The zero-order valence-corrected chi connectivity index (χ0v) is 11.5. The van der Waals surface area contributed by atoms with Gasteiger partial charge in [0.1, 0.15) is 0 Å². The van der Waals surface area contributed by atoms with Crippen molar-refractivity contribution in [3.05, 3.63) is 0 Å². The van der Waals surface area contributed by atoms with Crippen LogP contribution in [0.1, 0.15) is 60.3 Å². The molecular weight excluding hydrogens is 182 g/mol. The lowest BCUT2D eigenvalue weighted by molar-refractivity contribution is 0.127. The lowest BCUT2D eigenvalue weighted by atomic mass is 9.70. The van der Waals surface area contributed by atoms with Crippen LogP contribution in [-0.4, -0.2) is 13.1 Å². The molecule has 0 aromatic heterocycles. The molecule has 1 heteroatoms. The van der Waals surface area contributed by atoms with Gasteiger partial charge in [-0.15, -0.1) is 0 Å². The molecule has 0 spiro atoms. The average Bonchev–Trinajstić information content (AvgIpc) is 2.35. The van der Waals surface area contributed by atoms with Crippen LogP contribution in [0.2, 0.25) is 0 Å². The lowest BCUT2D eigenvalue weighted by Gasteiger charge is -2.40. The molecule has 1 aliphatic carbocycles. The van der Waals surface area contributed by atoms with E-state index in [4.69, 9.17) is 0 Å². The van der Waals surface area contributed by atoms with Crippen LogP contribution in [0.4, 0.5) is 0 Å². The summed E-state index contributed by atoms with van der Waals surface area (Å²) in [5.74, 6) is 3.07. The number of hydrogen-bond acceptors (Lipinski definition) is 1. The predicted molar refractivity (Wildman–Crippen MR) is 70.2 cm³/mol. The normalized spacial score (nSPS) is 33.8. The van der Waals surface area contributed by atoms with E-state index in [9.17, 15) is 0 Å². The number of hydrogen-bond donors (Lipinski definition) is 1. The van der Waals surface area contributed by atoms with Gasteiger partial charge in [0.05, 0.1) is 0 Å². The molecule has 0 aromatic carbocycles. The summed E-state index contributed by atoms with van der Waals surface area (Å²) in [5, 5.41) is 3.51. The predicted octanol–water partition coefficient (Wildman–Crippen LogP) is 4.08. The number of piperidine rings is 1. The van der Waals surface area contributed by atoms with E-state index in [0.717, 1.165) is 17.8 Å². The van der Waals surface area contributed by atoms with E-state index >= 15 is 0 Å². The largest absolute Gasteiger partial charge is 0.316 e. The van der Waals surface area contributed by atoms with Crippen LogP contribution in [0.3, 0.4) is 0 Å². The van der Waals surface area contributed by atoms with Crippen molar-refractivity contribution in [1.82, 2.24) is 5.32 Å². The molecule has 0 radical (unpaired) electrons. The Bertz CT molecular complexity index is 131. The van der Waals surface area contributed by atoms with Crippen molar-refractivity contribution < 1.29 is 0 Å². The van der Waals surface area contributed by atoms with Gasteiger partial charge in [0.2, 0.25) is 0 Å². The van der Waals surface area contributed by atoms with Gasteiger partial charge >= 0.3 is 0 Å². The third kappa shape index (κ3) is 4.55. The van der Waals surface area contributed by atoms with Gasteiger partial charge in [-0.3, -0.25) is 0 Å². The Hall–Kier alpha value is -0.0400. The van der Waals surface area contributed by atoms with Gasteiger partial charge in [0.15, 0.2) is 0 Å². The summed E-state index contributed by atoms with van der Waals surface area (Å²) in [5.41, 5.74) is 0. The molecule has 2 aliphatic rings. The lowest BCUT2D eigenvalue weighted by Crippen LogP contribution is -2.41. The fourth-order valence-electron chi connectivity index (χ4n) is 2.88. The summed E-state index contributed by atoms with van der Waals surface area (Å²) in [6, 6.07) is 0. The van der Waals surface area contributed by atoms with Crippen molar-refractivity contribution >= 4 is 0 Å². The minimum absolute atomic E-state index is 0.988. The molecule has 2 rings (SSSR count). The van der Waals surface area contributed by atoms with Crippen molar-refractivity contribution in [2.75, 3.05) is 13.1 Å². The van der Waals surface area contributed by atoms with E-state index < -0.39 is 0 Å². The summed E-state index contributed by atoms with van der Waals surface area (Å²) in [7, 11) is 0. The maximum atomic E-state index is 3.51. The molecular formula is C14H31N. The standard InChI is InChI=1S/C10H19N.2C2H6/c1-8-3-2-4-9-5-6-11-7-10(8)9;2*1-2/h8-11H,2-7H2,1H3;2*1-2H3. The summed E-state index contributed by atoms with van der Waals surface area (Å²) < 4.78 is 0. The van der Waals surface area contributed by atoms with Crippen molar-refractivity contribution in [3.8, 4) is 0 Å². The molecule has 1 N–H and O–H groups in total. The van der Waals surface area contributed by atoms with Crippen LogP contribution in [-0.2, 0) is 0 Å². The molecule has 0 aromatic rings. The first-order valence-corrected chi connectivity index (χ1v) is 7.08. The van der Waals surface area contributed by atoms with Gasteiger partial charge in [-0.1, -0.05) is 53.9 Å². The molecule has 1 aliphatic heterocycles. The molecule has 1 nitrogen and oxygen atoms in total. The highest BCUT2D eigenvalue weighted by Crippen LogP contribution is 2.37. The Morgan fingerprint density at radius 1 is 0.933 bits per heavy atom. The Morgan fingerprint density at radius 3 is 2.20 bits per heavy atom. The maximum absolute atomic E-state index is 3.51. The third-order valence-corrected chi connectivity index (χ3v) is 3.64. The Kier molecular flexibility index (Phi) is 9.18. The molecule has 3 atom stereocenters. The second kappa shape index (κ2) is 9.21. The van der Waals surface area contributed by atoms with E-state index in [1.54, 1.807) is 0 Å². The smallest absolute Gasteiger partial charge is 0.00153 e. The van der Waals surface area contributed by atoms with Crippen LogP contribution in [0.15, 0.2) is 0 Å².